The van der Waals surface area contributed by atoms with E-state index in [0.29, 0.717) is 39.6 Å². The molecule has 1 saturated carbocycles. The molecular formula is C31H34Cl2N4O5S. The van der Waals surface area contributed by atoms with Crippen LogP contribution >= 0.6 is 23.2 Å². The molecule has 1 heterocycles. The smallest absolute Gasteiger partial charge is 0.279 e. The molecule has 2 aliphatic rings. The predicted octanol–water partition coefficient (Wildman–Crippen LogP) is 5.23. The minimum atomic E-state index is -3.81. The van der Waals surface area contributed by atoms with Crippen molar-refractivity contribution in [2.45, 2.75) is 56.3 Å². The maximum absolute atomic E-state index is 14.4. The summed E-state index contributed by atoms with van der Waals surface area (Å²) in [7, 11) is -0.903. The lowest BCUT2D eigenvalue weighted by Crippen LogP contribution is -2.60. The van der Waals surface area contributed by atoms with Gasteiger partial charge in [0, 0.05) is 41.8 Å². The van der Waals surface area contributed by atoms with E-state index in [1.54, 1.807) is 47.4 Å². The molecule has 12 heteroatoms. The molecule has 43 heavy (non-hydrogen) atoms. The summed E-state index contributed by atoms with van der Waals surface area (Å²) < 4.78 is 29.8. The van der Waals surface area contributed by atoms with Gasteiger partial charge in [-0.25, -0.2) is 5.48 Å². The van der Waals surface area contributed by atoms with E-state index < -0.39 is 40.2 Å². The van der Waals surface area contributed by atoms with Crippen LogP contribution in [0, 0.1) is 0 Å². The van der Waals surface area contributed by atoms with Gasteiger partial charge < -0.3 is 4.90 Å². The van der Waals surface area contributed by atoms with Gasteiger partial charge in [-0.1, -0.05) is 90.6 Å². The number of carbonyl (C=O) groups is 2. The monoisotopic (exact) mass is 644 g/mol. The Hall–Kier alpha value is -2.99. The molecule has 9 nitrogen and oxygen atoms in total. The highest BCUT2D eigenvalue weighted by molar-refractivity contribution is 7.87. The molecule has 0 aromatic heterocycles. The number of hydrogen-bond donors (Lipinski definition) is 2. The van der Waals surface area contributed by atoms with Gasteiger partial charge in [0.15, 0.2) is 0 Å². The second-order valence-corrected chi connectivity index (χ2v) is 13.8. The first kappa shape index (κ1) is 31.4. The number of nitrogens with zero attached hydrogens (tertiary/aromatic N) is 2. The van der Waals surface area contributed by atoms with Gasteiger partial charge >= 0.3 is 0 Å². The van der Waals surface area contributed by atoms with Crippen LogP contribution in [0.4, 0.5) is 0 Å². The normalized spacial score (nSPS) is 22.3. The van der Waals surface area contributed by atoms with E-state index in [0.717, 1.165) is 22.7 Å². The van der Waals surface area contributed by atoms with Gasteiger partial charge in [-0.3, -0.25) is 14.4 Å². The molecule has 228 valence electrons. The first-order chi connectivity index (χ1) is 20.6. The van der Waals surface area contributed by atoms with Crippen LogP contribution in [0.1, 0.15) is 64.7 Å². The molecule has 0 bridgehead atoms. The van der Waals surface area contributed by atoms with Crippen LogP contribution in [0.2, 0.25) is 10.0 Å². The van der Waals surface area contributed by atoms with E-state index in [4.69, 9.17) is 28.0 Å². The van der Waals surface area contributed by atoms with Crippen molar-refractivity contribution in [2.75, 3.05) is 14.1 Å². The van der Waals surface area contributed by atoms with Crippen LogP contribution in [0.25, 0.3) is 0 Å². The largest absolute Gasteiger partial charge is 0.326 e. The average Bonchev–Trinajstić information content (AvgIpc) is 2.98. The Morgan fingerprint density at radius 1 is 0.977 bits per heavy atom. The number of hydrogen-bond acceptors (Lipinski definition) is 5. The molecule has 1 aliphatic carbocycles. The Balaban J connectivity index is 1.60. The molecule has 2 amide bonds. The number of fused-ring (bicyclic) bond motifs is 1. The molecule has 3 aromatic carbocycles. The SMILES string of the molecule is CN(C)S(=O)(=O)N[C@H]1CCCCC1N1C(=O)c2ccccc2[C@@H](C(=O)NOCc2ccccc2)[C@@H]1c1ccc(Cl)cc1Cl. The van der Waals surface area contributed by atoms with Crippen LogP contribution in [0.5, 0.6) is 0 Å². The number of hydroxylamine groups is 1. The Kier molecular flexibility index (Phi) is 9.75. The lowest BCUT2D eigenvalue weighted by Gasteiger charge is -2.49. The van der Waals surface area contributed by atoms with Gasteiger partial charge in [0.05, 0.1) is 18.6 Å². The van der Waals surface area contributed by atoms with E-state index >= 15 is 0 Å². The van der Waals surface area contributed by atoms with Crippen LogP contribution in [-0.2, 0) is 26.4 Å². The molecule has 4 atom stereocenters. The summed E-state index contributed by atoms with van der Waals surface area (Å²) in [6.45, 7) is 0.146. The maximum Gasteiger partial charge on any atom is 0.279 e. The van der Waals surface area contributed by atoms with Crippen molar-refractivity contribution in [2.24, 2.45) is 0 Å². The number of nitrogens with one attached hydrogen (secondary N) is 2. The third kappa shape index (κ3) is 6.74. The van der Waals surface area contributed by atoms with Crippen molar-refractivity contribution < 1.29 is 22.8 Å². The molecule has 0 radical (unpaired) electrons. The van der Waals surface area contributed by atoms with E-state index in [1.165, 1.54) is 14.1 Å². The first-order valence-corrected chi connectivity index (χ1v) is 16.3. The number of benzene rings is 3. The van der Waals surface area contributed by atoms with Gasteiger partial charge in [0.1, 0.15) is 0 Å². The first-order valence-electron chi connectivity index (χ1n) is 14.1. The van der Waals surface area contributed by atoms with Crippen LogP contribution in [-0.4, -0.2) is 55.6 Å². The fourth-order valence-electron chi connectivity index (χ4n) is 5.98. The zero-order chi connectivity index (χ0) is 30.7. The molecule has 1 aliphatic heterocycles. The summed E-state index contributed by atoms with van der Waals surface area (Å²) >= 11 is 13.0. The fourth-order valence-corrected chi connectivity index (χ4v) is 7.37. The van der Waals surface area contributed by atoms with Crippen LogP contribution in [0.15, 0.2) is 72.8 Å². The van der Waals surface area contributed by atoms with Crippen molar-refractivity contribution in [1.29, 1.82) is 0 Å². The molecular weight excluding hydrogens is 611 g/mol. The van der Waals surface area contributed by atoms with Gasteiger partial charge in [0.25, 0.3) is 22.0 Å². The number of rotatable bonds is 9. The molecule has 3 aromatic rings. The molecule has 0 spiro atoms. The third-order valence-electron chi connectivity index (χ3n) is 8.06. The lowest BCUT2D eigenvalue weighted by atomic mass is 9.76. The molecule has 2 N–H and O–H groups in total. The van der Waals surface area contributed by atoms with Gasteiger partial charge in [-0.15, -0.1) is 0 Å². The summed E-state index contributed by atoms with van der Waals surface area (Å²) in [4.78, 5) is 35.8. The highest BCUT2D eigenvalue weighted by atomic mass is 35.5. The van der Waals surface area contributed by atoms with Crippen LogP contribution < -0.4 is 10.2 Å². The highest BCUT2D eigenvalue weighted by Gasteiger charge is 2.49. The summed E-state index contributed by atoms with van der Waals surface area (Å²) in [5.41, 5.74) is 4.91. The number of carbonyl (C=O) groups excluding carboxylic acids is 2. The summed E-state index contributed by atoms with van der Waals surface area (Å²) in [6, 6.07) is 19.4. The second kappa shape index (κ2) is 13.3. The van der Waals surface area contributed by atoms with Crippen molar-refractivity contribution in [3.8, 4) is 0 Å². The quantitative estimate of drug-likeness (QED) is 0.310. The Morgan fingerprint density at radius 3 is 2.40 bits per heavy atom. The van der Waals surface area contributed by atoms with Crippen molar-refractivity contribution in [1.82, 2.24) is 19.4 Å². The van der Waals surface area contributed by atoms with Gasteiger partial charge in [0.2, 0.25) is 0 Å². The topological polar surface area (TPSA) is 108 Å². The highest BCUT2D eigenvalue weighted by Crippen LogP contribution is 2.47. The minimum absolute atomic E-state index is 0.146. The summed E-state index contributed by atoms with van der Waals surface area (Å²) in [5.74, 6) is -1.68. The number of amides is 2. The van der Waals surface area contributed by atoms with Crippen molar-refractivity contribution in [3.63, 3.8) is 0 Å². The summed E-state index contributed by atoms with van der Waals surface area (Å²) in [5, 5.41) is 0.697. The third-order valence-corrected chi connectivity index (χ3v) is 10.2. The zero-order valence-corrected chi connectivity index (χ0v) is 26.2. The fraction of sp³-hybridized carbons (Fsp3) is 0.355. The van der Waals surface area contributed by atoms with Crippen molar-refractivity contribution in [3.05, 3.63) is 105 Å². The Bertz CT molecular complexity index is 1590. The van der Waals surface area contributed by atoms with E-state index in [1.807, 2.05) is 30.3 Å². The molecule has 0 saturated heterocycles. The van der Waals surface area contributed by atoms with E-state index in [-0.39, 0.29) is 12.5 Å². The van der Waals surface area contributed by atoms with Gasteiger partial charge in [-0.05, 0) is 47.7 Å². The van der Waals surface area contributed by atoms with Gasteiger partial charge in [-0.2, -0.15) is 17.4 Å². The van der Waals surface area contributed by atoms with E-state index in [2.05, 4.69) is 10.2 Å². The Morgan fingerprint density at radius 2 is 1.67 bits per heavy atom. The van der Waals surface area contributed by atoms with Crippen molar-refractivity contribution >= 4 is 45.2 Å². The maximum atomic E-state index is 14.4. The standard InChI is InChI=1S/C31H34Cl2N4O5S/c1-36(2)43(40,41)35-26-14-8-9-15-27(26)37-29(24-17-16-21(32)18-25(24)33)28(22-12-6-7-13-23(22)31(37)39)30(38)34-42-19-20-10-4-3-5-11-20/h3-7,10-13,16-18,26-29,35H,8-9,14-15,19H2,1-2H3,(H,34,38)/t26-,27?,28+,29-/m0/s1. The van der Waals surface area contributed by atoms with Crippen LogP contribution in [0.3, 0.4) is 0 Å². The number of halogens is 2. The van der Waals surface area contributed by atoms with E-state index in [9.17, 15) is 18.0 Å². The average molecular weight is 646 g/mol. The second-order valence-electron chi connectivity index (χ2n) is 11.0. The predicted molar refractivity (Wildman–Crippen MR) is 166 cm³/mol. The zero-order valence-electron chi connectivity index (χ0n) is 23.9. The lowest BCUT2D eigenvalue weighted by molar-refractivity contribution is -0.138. The molecule has 1 fully saturated rings. The summed E-state index contributed by atoms with van der Waals surface area (Å²) in [6.07, 6.45) is 2.64. The minimum Gasteiger partial charge on any atom is -0.326 e. The Labute approximate surface area is 262 Å². The molecule has 1 unspecified atom stereocenters. The molecule has 5 rings (SSSR count).